The molecule has 1 aliphatic carbocycles. The van der Waals surface area contributed by atoms with E-state index in [1.54, 1.807) is 10.7 Å². The van der Waals surface area contributed by atoms with Crippen molar-refractivity contribution in [1.29, 1.82) is 0 Å². The molecule has 26 heavy (non-hydrogen) atoms. The third kappa shape index (κ3) is 3.41. The number of likely N-dealkylation sites (tertiary alicyclic amines) is 1. The molecule has 138 valence electrons. The van der Waals surface area contributed by atoms with Gasteiger partial charge in [-0.15, -0.1) is 17.5 Å². The van der Waals surface area contributed by atoms with Gasteiger partial charge in [0, 0.05) is 19.0 Å². The Bertz CT molecular complexity index is 850. The Balaban J connectivity index is 0.00000196. The summed E-state index contributed by atoms with van der Waals surface area (Å²) in [5.41, 5.74) is 0.697. The van der Waals surface area contributed by atoms with Gasteiger partial charge in [0.1, 0.15) is 5.82 Å². The van der Waals surface area contributed by atoms with Crippen molar-refractivity contribution in [2.45, 2.75) is 25.2 Å². The number of carboxylic acids is 1. The molecule has 1 N–H and O–H groups in total. The van der Waals surface area contributed by atoms with Gasteiger partial charge in [0.05, 0.1) is 16.6 Å². The van der Waals surface area contributed by atoms with E-state index in [2.05, 4.69) is 10.1 Å². The summed E-state index contributed by atoms with van der Waals surface area (Å²) in [4.78, 5) is 29.8. The first-order chi connectivity index (χ1) is 12.0. The van der Waals surface area contributed by atoms with Crippen LogP contribution in [0.1, 0.15) is 41.6 Å². The first-order valence-electron chi connectivity index (χ1n) is 8.28. The Kier molecular flexibility index (Phi) is 5.20. The van der Waals surface area contributed by atoms with Crippen LogP contribution in [0.4, 0.5) is 0 Å². The van der Waals surface area contributed by atoms with E-state index >= 15 is 0 Å². The van der Waals surface area contributed by atoms with Gasteiger partial charge < -0.3 is 10.0 Å². The number of aromatic nitrogens is 3. The molecule has 2 aromatic rings. The maximum absolute atomic E-state index is 12.7. The Morgan fingerprint density at radius 3 is 2.54 bits per heavy atom. The zero-order chi connectivity index (χ0) is 17.6. The van der Waals surface area contributed by atoms with E-state index < -0.39 is 11.9 Å². The summed E-state index contributed by atoms with van der Waals surface area (Å²) in [5.74, 6) is -0.577. The highest BCUT2D eigenvalue weighted by Gasteiger charge is 2.36. The highest BCUT2D eigenvalue weighted by atomic mass is 35.5. The third-order valence-corrected chi connectivity index (χ3v) is 4.99. The highest BCUT2D eigenvalue weighted by Crippen LogP contribution is 2.40. The van der Waals surface area contributed by atoms with E-state index in [1.165, 1.54) is 4.90 Å². The van der Waals surface area contributed by atoms with Crippen molar-refractivity contribution in [3.05, 3.63) is 40.9 Å². The van der Waals surface area contributed by atoms with Crippen molar-refractivity contribution < 1.29 is 14.7 Å². The topological polar surface area (TPSA) is 88.3 Å². The first-order valence-corrected chi connectivity index (χ1v) is 8.66. The van der Waals surface area contributed by atoms with Gasteiger partial charge in [-0.2, -0.15) is 0 Å². The Morgan fingerprint density at radius 1 is 1.19 bits per heavy atom. The van der Waals surface area contributed by atoms with Crippen LogP contribution in [-0.2, 0) is 4.79 Å². The Hall–Kier alpha value is -2.12. The zero-order valence-corrected chi connectivity index (χ0v) is 15.4. The SMILES string of the molecule is Cl.O=C(O)C1CCN(C(=O)c2nc(C3CC3)n(-c3ccccc3Cl)n2)C1. The van der Waals surface area contributed by atoms with Crippen LogP contribution in [0.5, 0.6) is 0 Å². The van der Waals surface area contributed by atoms with Crippen molar-refractivity contribution in [2.75, 3.05) is 13.1 Å². The normalized spacial score (nSPS) is 19.3. The van der Waals surface area contributed by atoms with E-state index in [1.807, 2.05) is 18.2 Å². The molecule has 1 aromatic carbocycles. The minimum atomic E-state index is -0.872. The standard InChI is InChI=1S/C17H17ClN4O3.ClH/c18-12-3-1-2-4-13(12)22-15(10-5-6-10)19-14(20-22)16(23)21-8-7-11(9-21)17(24)25;/h1-4,10-11H,5-9H2,(H,24,25);1H. The molecule has 7 nitrogen and oxygen atoms in total. The van der Waals surface area contributed by atoms with Crippen LogP contribution in [0, 0.1) is 5.92 Å². The summed E-state index contributed by atoms with van der Waals surface area (Å²) in [7, 11) is 0. The van der Waals surface area contributed by atoms with E-state index in [9.17, 15) is 9.59 Å². The molecule has 1 amide bonds. The predicted molar refractivity (Wildman–Crippen MR) is 97.2 cm³/mol. The number of nitrogens with zero attached hydrogens (tertiary/aromatic N) is 4. The molecule has 1 saturated carbocycles. The molecule has 0 bridgehead atoms. The molecule has 1 unspecified atom stereocenters. The monoisotopic (exact) mass is 396 g/mol. The maximum Gasteiger partial charge on any atom is 0.308 e. The number of aliphatic carboxylic acids is 1. The number of benzene rings is 1. The predicted octanol–water partition coefficient (Wildman–Crippen LogP) is 2.77. The third-order valence-electron chi connectivity index (χ3n) is 4.67. The van der Waals surface area contributed by atoms with Crippen LogP contribution in [0.15, 0.2) is 24.3 Å². The summed E-state index contributed by atoms with van der Waals surface area (Å²) >= 11 is 6.28. The van der Waals surface area contributed by atoms with Crippen molar-refractivity contribution in [2.24, 2.45) is 5.92 Å². The van der Waals surface area contributed by atoms with Crippen LogP contribution in [0.25, 0.3) is 5.69 Å². The summed E-state index contributed by atoms with van der Waals surface area (Å²) < 4.78 is 1.65. The largest absolute Gasteiger partial charge is 0.481 e. The number of carbonyl (C=O) groups excluding carboxylic acids is 1. The second kappa shape index (κ2) is 7.25. The Labute approximate surface area is 161 Å². The maximum atomic E-state index is 12.7. The minimum Gasteiger partial charge on any atom is -0.481 e. The summed E-state index contributed by atoms with van der Waals surface area (Å²) in [6, 6.07) is 7.31. The van der Waals surface area contributed by atoms with Gasteiger partial charge in [-0.25, -0.2) is 9.67 Å². The van der Waals surface area contributed by atoms with Gasteiger partial charge in [-0.1, -0.05) is 23.7 Å². The van der Waals surface area contributed by atoms with E-state index in [0.717, 1.165) is 18.7 Å². The number of halogens is 2. The van der Waals surface area contributed by atoms with Gasteiger partial charge in [-0.05, 0) is 31.4 Å². The summed E-state index contributed by atoms with van der Waals surface area (Å²) in [6.45, 7) is 0.614. The molecule has 0 spiro atoms. The highest BCUT2D eigenvalue weighted by molar-refractivity contribution is 6.32. The van der Waals surface area contributed by atoms with Gasteiger partial charge >= 0.3 is 5.97 Å². The first kappa shape index (κ1) is 18.7. The number of hydrogen-bond donors (Lipinski definition) is 1. The van der Waals surface area contributed by atoms with Crippen LogP contribution >= 0.6 is 24.0 Å². The molecule has 1 saturated heterocycles. The molecular formula is C17H18Cl2N4O3. The number of para-hydroxylation sites is 1. The van der Waals surface area contributed by atoms with E-state index in [-0.39, 0.29) is 36.6 Å². The van der Waals surface area contributed by atoms with Crippen LogP contribution in [0.3, 0.4) is 0 Å². The lowest BCUT2D eigenvalue weighted by atomic mass is 10.1. The van der Waals surface area contributed by atoms with E-state index in [0.29, 0.717) is 23.7 Å². The van der Waals surface area contributed by atoms with Gasteiger partial charge in [-0.3, -0.25) is 9.59 Å². The fourth-order valence-corrected chi connectivity index (χ4v) is 3.32. The van der Waals surface area contributed by atoms with Crippen LogP contribution in [-0.4, -0.2) is 49.7 Å². The molecule has 0 radical (unpaired) electrons. The molecule has 1 aliphatic heterocycles. The molecule has 2 aliphatic rings. The van der Waals surface area contributed by atoms with Crippen LogP contribution in [0.2, 0.25) is 5.02 Å². The summed E-state index contributed by atoms with van der Waals surface area (Å²) in [6.07, 6.45) is 2.49. The van der Waals surface area contributed by atoms with Crippen molar-refractivity contribution in [1.82, 2.24) is 19.7 Å². The molecule has 2 heterocycles. The second-order valence-electron chi connectivity index (χ2n) is 6.51. The molecular weight excluding hydrogens is 379 g/mol. The van der Waals surface area contributed by atoms with Crippen molar-refractivity contribution in [3.8, 4) is 5.69 Å². The van der Waals surface area contributed by atoms with Gasteiger partial charge in [0.2, 0.25) is 5.82 Å². The average Bonchev–Trinajstić information content (AvgIpc) is 3.15. The lowest BCUT2D eigenvalue weighted by Gasteiger charge is -2.13. The molecule has 4 rings (SSSR count). The molecule has 1 atom stereocenters. The quantitative estimate of drug-likeness (QED) is 0.857. The Morgan fingerprint density at radius 2 is 1.92 bits per heavy atom. The molecule has 1 aromatic heterocycles. The number of carboxylic acid groups (broad SMARTS) is 1. The zero-order valence-electron chi connectivity index (χ0n) is 13.8. The number of carbonyl (C=O) groups is 2. The number of amides is 1. The summed E-state index contributed by atoms with van der Waals surface area (Å²) in [5, 5.41) is 14.0. The van der Waals surface area contributed by atoms with Gasteiger partial charge in [0.25, 0.3) is 5.91 Å². The fraction of sp³-hybridized carbons (Fsp3) is 0.412. The van der Waals surface area contributed by atoms with Gasteiger partial charge in [0.15, 0.2) is 0 Å². The minimum absolute atomic E-state index is 0. The average molecular weight is 397 g/mol. The van der Waals surface area contributed by atoms with Crippen LogP contribution < -0.4 is 0 Å². The fourth-order valence-electron chi connectivity index (χ4n) is 3.11. The smallest absolute Gasteiger partial charge is 0.308 e. The second-order valence-corrected chi connectivity index (χ2v) is 6.91. The lowest BCUT2D eigenvalue weighted by Crippen LogP contribution is -2.30. The number of hydrogen-bond acceptors (Lipinski definition) is 4. The molecule has 2 fully saturated rings. The number of rotatable bonds is 4. The lowest BCUT2D eigenvalue weighted by molar-refractivity contribution is -0.141. The molecule has 9 heteroatoms. The van der Waals surface area contributed by atoms with Crippen molar-refractivity contribution >= 4 is 35.9 Å². The van der Waals surface area contributed by atoms with E-state index in [4.69, 9.17) is 16.7 Å². The van der Waals surface area contributed by atoms with Crippen molar-refractivity contribution in [3.63, 3.8) is 0 Å².